The van der Waals surface area contributed by atoms with E-state index >= 15 is 0 Å². The SMILES string of the molecule is COc1ccccc1NC(=O)CSC(=Nc1ccc(Cl)cc1)c1c(O)n(C)c(=O)n(C)c1=O. The van der Waals surface area contributed by atoms with E-state index in [1.165, 1.54) is 21.2 Å². The average Bonchev–Trinajstić information content (AvgIpc) is 2.81. The number of hydrogen-bond donors (Lipinski definition) is 2. The number of aliphatic imine (C=N–C) groups is 1. The summed E-state index contributed by atoms with van der Waals surface area (Å²) in [6, 6.07) is 13.4. The molecule has 172 valence electrons. The van der Waals surface area contributed by atoms with E-state index in [9.17, 15) is 19.5 Å². The monoisotopic (exact) mass is 488 g/mol. The summed E-state index contributed by atoms with van der Waals surface area (Å²) in [6.45, 7) is 0. The van der Waals surface area contributed by atoms with Crippen LogP contribution in [0.25, 0.3) is 0 Å². The predicted molar refractivity (Wildman–Crippen MR) is 130 cm³/mol. The molecule has 1 amide bonds. The molecule has 11 heteroatoms. The van der Waals surface area contributed by atoms with E-state index in [4.69, 9.17) is 16.3 Å². The van der Waals surface area contributed by atoms with Gasteiger partial charge in [0.05, 0.1) is 24.2 Å². The smallest absolute Gasteiger partial charge is 0.333 e. The number of rotatable bonds is 6. The molecule has 1 aromatic heterocycles. The molecule has 2 aromatic carbocycles. The van der Waals surface area contributed by atoms with E-state index in [1.807, 2.05) is 0 Å². The molecule has 9 nitrogen and oxygen atoms in total. The van der Waals surface area contributed by atoms with Crippen molar-refractivity contribution >= 4 is 45.7 Å². The highest BCUT2D eigenvalue weighted by atomic mass is 35.5. The third-order valence-electron chi connectivity index (χ3n) is 4.63. The fourth-order valence-electron chi connectivity index (χ4n) is 2.88. The van der Waals surface area contributed by atoms with Crippen molar-refractivity contribution in [3.8, 4) is 11.6 Å². The van der Waals surface area contributed by atoms with Gasteiger partial charge in [-0.1, -0.05) is 35.5 Å². The average molecular weight is 489 g/mol. The van der Waals surface area contributed by atoms with Crippen molar-refractivity contribution in [1.82, 2.24) is 9.13 Å². The molecule has 0 radical (unpaired) electrons. The number of ether oxygens (including phenoxy) is 1. The molecule has 2 N–H and O–H groups in total. The summed E-state index contributed by atoms with van der Waals surface area (Å²) in [7, 11) is 4.13. The molecule has 0 aliphatic rings. The number of carbonyl (C=O) groups excluding carboxylic acids is 1. The lowest BCUT2D eigenvalue weighted by Crippen LogP contribution is -2.39. The first-order valence-corrected chi connectivity index (χ1v) is 11.0. The van der Waals surface area contributed by atoms with Crippen LogP contribution in [0.3, 0.4) is 0 Å². The van der Waals surface area contributed by atoms with Gasteiger partial charge in [0, 0.05) is 19.1 Å². The summed E-state index contributed by atoms with van der Waals surface area (Å²) in [5.41, 5.74) is -0.679. The van der Waals surface area contributed by atoms with Gasteiger partial charge >= 0.3 is 5.69 Å². The first-order chi connectivity index (χ1) is 15.7. The van der Waals surface area contributed by atoms with E-state index < -0.39 is 17.1 Å². The van der Waals surface area contributed by atoms with E-state index in [0.717, 1.165) is 20.9 Å². The lowest BCUT2D eigenvalue weighted by atomic mass is 10.3. The van der Waals surface area contributed by atoms with Crippen LogP contribution in [0.1, 0.15) is 5.56 Å². The van der Waals surface area contributed by atoms with Crippen molar-refractivity contribution in [1.29, 1.82) is 0 Å². The predicted octanol–water partition coefficient (Wildman–Crippen LogP) is 2.90. The maximum Gasteiger partial charge on any atom is 0.333 e. The van der Waals surface area contributed by atoms with Crippen LogP contribution < -0.4 is 21.3 Å². The molecule has 0 saturated carbocycles. The van der Waals surface area contributed by atoms with Crippen molar-refractivity contribution in [2.24, 2.45) is 19.1 Å². The molecule has 0 spiro atoms. The van der Waals surface area contributed by atoms with Crippen molar-refractivity contribution in [3.63, 3.8) is 0 Å². The molecular weight excluding hydrogens is 468 g/mol. The van der Waals surface area contributed by atoms with Crippen LogP contribution in [0.15, 0.2) is 63.1 Å². The maximum absolute atomic E-state index is 12.8. The zero-order chi connectivity index (χ0) is 24.1. The van der Waals surface area contributed by atoms with E-state index in [-0.39, 0.29) is 22.3 Å². The van der Waals surface area contributed by atoms with Crippen molar-refractivity contribution in [2.75, 3.05) is 18.2 Å². The molecule has 33 heavy (non-hydrogen) atoms. The Kier molecular flexibility index (Phi) is 7.62. The van der Waals surface area contributed by atoms with Crippen LogP contribution >= 0.6 is 23.4 Å². The Hall–Kier alpha value is -3.50. The van der Waals surface area contributed by atoms with Gasteiger partial charge in [-0.05, 0) is 36.4 Å². The van der Waals surface area contributed by atoms with Gasteiger partial charge in [0.15, 0.2) is 0 Å². The first-order valence-electron chi connectivity index (χ1n) is 9.62. The van der Waals surface area contributed by atoms with Crippen molar-refractivity contribution in [3.05, 3.63) is 80.0 Å². The fraction of sp³-hybridized carbons (Fsp3) is 0.182. The van der Waals surface area contributed by atoms with Crippen LogP contribution in [0, 0.1) is 0 Å². The normalized spacial score (nSPS) is 11.3. The molecule has 0 bridgehead atoms. The second kappa shape index (κ2) is 10.4. The van der Waals surface area contributed by atoms with Crippen LogP contribution in [0.4, 0.5) is 11.4 Å². The van der Waals surface area contributed by atoms with Crippen LogP contribution in [-0.2, 0) is 18.9 Å². The summed E-state index contributed by atoms with van der Waals surface area (Å²) in [4.78, 5) is 42.0. The molecule has 0 fully saturated rings. The van der Waals surface area contributed by atoms with E-state index in [0.29, 0.717) is 22.1 Å². The first kappa shape index (κ1) is 24.1. The van der Waals surface area contributed by atoms with Crippen molar-refractivity contribution in [2.45, 2.75) is 0 Å². The van der Waals surface area contributed by atoms with Gasteiger partial charge in [0.1, 0.15) is 16.4 Å². The van der Waals surface area contributed by atoms with E-state index in [2.05, 4.69) is 10.3 Å². The number of para-hydroxylation sites is 2. The number of aromatic nitrogens is 2. The summed E-state index contributed by atoms with van der Waals surface area (Å²) in [6.07, 6.45) is 0. The molecular formula is C22H21ClN4O5S. The number of carbonyl (C=O) groups is 1. The molecule has 0 aliphatic heterocycles. The maximum atomic E-state index is 12.8. The molecule has 0 unspecified atom stereocenters. The quantitative estimate of drug-likeness (QED) is 0.407. The Morgan fingerprint density at radius 2 is 1.79 bits per heavy atom. The second-order valence-electron chi connectivity index (χ2n) is 6.83. The Morgan fingerprint density at radius 1 is 1.12 bits per heavy atom. The van der Waals surface area contributed by atoms with Gasteiger partial charge in [-0.2, -0.15) is 0 Å². The summed E-state index contributed by atoms with van der Waals surface area (Å²) in [5, 5.41) is 13.9. The van der Waals surface area contributed by atoms with E-state index in [1.54, 1.807) is 48.5 Å². The van der Waals surface area contributed by atoms with Gasteiger partial charge in [0.2, 0.25) is 11.8 Å². The van der Waals surface area contributed by atoms with Crippen LogP contribution in [-0.4, -0.2) is 38.1 Å². The highest BCUT2D eigenvalue weighted by Crippen LogP contribution is 2.26. The Morgan fingerprint density at radius 3 is 2.45 bits per heavy atom. The number of thioether (sulfide) groups is 1. The summed E-state index contributed by atoms with van der Waals surface area (Å²) < 4.78 is 7.03. The fourth-order valence-corrected chi connectivity index (χ4v) is 3.84. The number of methoxy groups -OCH3 is 1. The Labute approximate surface area is 198 Å². The minimum absolute atomic E-state index is 0.0706. The van der Waals surface area contributed by atoms with Gasteiger partial charge in [-0.15, -0.1) is 0 Å². The number of nitrogens with one attached hydrogen (secondary N) is 1. The number of halogens is 1. The topological polar surface area (TPSA) is 115 Å². The highest BCUT2D eigenvalue weighted by Gasteiger charge is 2.22. The summed E-state index contributed by atoms with van der Waals surface area (Å²) in [5.74, 6) is -0.561. The second-order valence-corrected chi connectivity index (χ2v) is 8.24. The molecule has 0 aliphatic carbocycles. The molecule has 1 heterocycles. The zero-order valence-electron chi connectivity index (χ0n) is 18.0. The summed E-state index contributed by atoms with van der Waals surface area (Å²) >= 11 is 6.87. The third kappa shape index (κ3) is 5.47. The van der Waals surface area contributed by atoms with Crippen LogP contribution in [0.5, 0.6) is 11.6 Å². The lowest BCUT2D eigenvalue weighted by molar-refractivity contribution is -0.113. The molecule has 3 rings (SSSR count). The van der Waals surface area contributed by atoms with Crippen molar-refractivity contribution < 1.29 is 14.6 Å². The number of nitrogens with zero attached hydrogens (tertiary/aromatic N) is 3. The molecule has 0 saturated heterocycles. The Bertz CT molecular complexity index is 1330. The number of anilines is 1. The number of amides is 1. The number of hydrogen-bond acceptors (Lipinski definition) is 7. The van der Waals surface area contributed by atoms with Crippen LogP contribution in [0.2, 0.25) is 5.02 Å². The Balaban J connectivity index is 1.98. The molecule has 0 atom stereocenters. The zero-order valence-corrected chi connectivity index (χ0v) is 19.6. The minimum Gasteiger partial charge on any atom is -0.495 e. The van der Waals surface area contributed by atoms with Gasteiger partial charge in [-0.25, -0.2) is 9.79 Å². The standard InChI is InChI=1S/C22H21ClN4O5S/c1-26-20(29)18(21(30)27(2)22(26)31)19(24-14-10-8-13(23)9-11-14)33-12-17(28)25-15-6-4-5-7-16(15)32-3/h4-11,29H,12H2,1-3H3,(H,25,28). The van der Waals surface area contributed by atoms with Gasteiger partial charge < -0.3 is 15.2 Å². The number of benzene rings is 2. The number of aromatic hydroxyl groups is 1. The highest BCUT2D eigenvalue weighted by molar-refractivity contribution is 8.15. The van der Waals surface area contributed by atoms with Gasteiger partial charge in [0.25, 0.3) is 5.56 Å². The lowest BCUT2D eigenvalue weighted by Gasteiger charge is -2.13. The largest absolute Gasteiger partial charge is 0.495 e. The third-order valence-corrected chi connectivity index (χ3v) is 5.85. The minimum atomic E-state index is -0.735. The molecule has 3 aromatic rings. The van der Waals surface area contributed by atoms with Gasteiger partial charge in [-0.3, -0.25) is 18.7 Å².